The summed E-state index contributed by atoms with van der Waals surface area (Å²) in [6, 6.07) is 15.3. The molecular weight excluding hydrogens is 436 g/mol. The van der Waals surface area contributed by atoms with Crippen molar-refractivity contribution >= 4 is 33.6 Å². The minimum absolute atomic E-state index is 0.238. The monoisotopic (exact) mass is 454 g/mol. The van der Waals surface area contributed by atoms with E-state index in [-0.39, 0.29) is 23.5 Å². The van der Waals surface area contributed by atoms with Crippen LogP contribution in [0, 0.1) is 13.8 Å². The Bertz CT molecular complexity index is 1100. The summed E-state index contributed by atoms with van der Waals surface area (Å²) in [7, 11) is 0. The Hall–Kier alpha value is -3.19. The van der Waals surface area contributed by atoms with Crippen LogP contribution >= 0.6 is 15.9 Å². The van der Waals surface area contributed by atoms with Gasteiger partial charge in [-0.1, -0.05) is 22.0 Å². The van der Waals surface area contributed by atoms with Crippen molar-refractivity contribution in [2.75, 3.05) is 6.61 Å². The van der Waals surface area contributed by atoms with Crippen molar-refractivity contribution in [2.24, 2.45) is 5.73 Å². The minimum Gasteiger partial charge on any atom is -0.454 e. The maximum absolute atomic E-state index is 12.6. The lowest BCUT2D eigenvalue weighted by molar-refractivity contribution is 0.0474. The first-order valence-electron chi connectivity index (χ1n) is 8.83. The third-order valence-electron chi connectivity index (χ3n) is 4.54. The van der Waals surface area contributed by atoms with Crippen LogP contribution in [0.2, 0.25) is 0 Å². The van der Waals surface area contributed by atoms with E-state index in [1.54, 1.807) is 6.07 Å². The van der Waals surface area contributed by atoms with Gasteiger partial charge in [-0.15, -0.1) is 0 Å². The molecule has 2 N–H and O–H groups in total. The molecule has 0 unspecified atom stereocenters. The molecule has 0 bridgehead atoms. The molecule has 0 aliphatic rings. The second-order valence-corrected chi connectivity index (χ2v) is 7.46. The number of hydrogen-bond donors (Lipinski definition) is 1. The van der Waals surface area contributed by atoms with Gasteiger partial charge in [0.15, 0.2) is 6.61 Å². The Morgan fingerprint density at radius 1 is 1.00 bits per heavy atom. The van der Waals surface area contributed by atoms with E-state index in [9.17, 15) is 14.4 Å². The molecule has 3 aromatic rings. The second-order valence-electron chi connectivity index (χ2n) is 6.54. The smallest absolute Gasteiger partial charge is 0.338 e. The quantitative estimate of drug-likeness (QED) is 0.450. The number of hydrogen-bond acceptors (Lipinski definition) is 4. The normalized spacial score (nSPS) is 10.6. The molecule has 0 aliphatic heterocycles. The number of ether oxygens (including phenoxy) is 1. The highest BCUT2D eigenvalue weighted by atomic mass is 79.9. The summed E-state index contributed by atoms with van der Waals surface area (Å²) in [6.45, 7) is 3.39. The van der Waals surface area contributed by atoms with Crippen LogP contribution in [0.4, 0.5) is 0 Å². The molecule has 0 saturated heterocycles. The van der Waals surface area contributed by atoms with Crippen molar-refractivity contribution in [1.29, 1.82) is 0 Å². The number of ketones is 1. The lowest BCUT2D eigenvalue weighted by Gasteiger charge is -2.10. The molecule has 7 heteroatoms. The van der Waals surface area contributed by atoms with Gasteiger partial charge in [-0.3, -0.25) is 9.59 Å². The molecule has 1 aromatic heterocycles. The fourth-order valence-corrected chi connectivity index (χ4v) is 3.51. The van der Waals surface area contributed by atoms with Crippen molar-refractivity contribution in [2.45, 2.75) is 13.8 Å². The van der Waals surface area contributed by atoms with E-state index in [1.807, 2.05) is 42.7 Å². The number of Topliss-reactive ketones (excluding diaryl/α,β-unsaturated/α-hetero) is 1. The standard InChI is InChI=1S/C22H19BrN2O4/c1-13-10-19(14(2)25(13)18-5-3-4-17(23)11-18)20(26)12-29-22(28)16-8-6-15(7-9-16)21(24)27/h3-11H,12H2,1-2H3,(H2,24,27). The van der Waals surface area contributed by atoms with Gasteiger partial charge >= 0.3 is 5.97 Å². The predicted molar refractivity (Wildman–Crippen MR) is 113 cm³/mol. The summed E-state index contributed by atoms with van der Waals surface area (Å²) in [6.07, 6.45) is 0. The molecule has 148 valence electrons. The van der Waals surface area contributed by atoms with Crippen molar-refractivity contribution in [3.05, 3.63) is 87.1 Å². The van der Waals surface area contributed by atoms with Crippen LogP contribution in [0.3, 0.4) is 0 Å². The highest BCUT2D eigenvalue weighted by molar-refractivity contribution is 9.10. The SMILES string of the molecule is Cc1cc(C(=O)COC(=O)c2ccc(C(N)=O)cc2)c(C)n1-c1cccc(Br)c1. The number of carbonyl (C=O) groups is 3. The van der Waals surface area contributed by atoms with Gasteiger partial charge in [-0.25, -0.2) is 4.79 Å². The predicted octanol–water partition coefficient (Wildman–Crippen LogP) is 4.00. The van der Waals surface area contributed by atoms with Crippen molar-refractivity contribution < 1.29 is 19.1 Å². The summed E-state index contributed by atoms with van der Waals surface area (Å²) in [4.78, 5) is 35.9. The summed E-state index contributed by atoms with van der Waals surface area (Å²) in [5.74, 6) is -1.52. The van der Waals surface area contributed by atoms with E-state index < -0.39 is 11.9 Å². The molecular formula is C22H19BrN2O4. The van der Waals surface area contributed by atoms with Gasteiger partial charge in [-0.05, 0) is 62.4 Å². The van der Waals surface area contributed by atoms with E-state index in [4.69, 9.17) is 10.5 Å². The molecule has 0 saturated carbocycles. The Morgan fingerprint density at radius 2 is 1.66 bits per heavy atom. The largest absolute Gasteiger partial charge is 0.454 e. The van der Waals surface area contributed by atoms with Crippen molar-refractivity contribution in [3.63, 3.8) is 0 Å². The number of primary amides is 1. The Morgan fingerprint density at radius 3 is 2.28 bits per heavy atom. The number of carbonyl (C=O) groups excluding carboxylic acids is 3. The van der Waals surface area contributed by atoms with E-state index in [2.05, 4.69) is 15.9 Å². The molecule has 0 radical (unpaired) electrons. The molecule has 0 spiro atoms. The first kappa shape index (κ1) is 20.5. The average Bonchev–Trinajstić information content (AvgIpc) is 3.00. The van der Waals surface area contributed by atoms with Crippen LogP contribution in [0.25, 0.3) is 5.69 Å². The summed E-state index contributed by atoms with van der Waals surface area (Å²) < 4.78 is 8.06. The van der Waals surface area contributed by atoms with Gasteiger partial charge in [0.1, 0.15) is 0 Å². The number of amides is 1. The van der Waals surface area contributed by atoms with Gasteiger partial charge in [0.05, 0.1) is 5.56 Å². The van der Waals surface area contributed by atoms with E-state index in [0.717, 1.165) is 21.5 Å². The summed E-state index contributed by atoms with van der Waals surface area (Å²) in [5.41, 5.74) is 8.81. The van der Waals surface area contributed by atoms with Gasteiger partial charge < -0.3 is 15.0 Å². The summed E-state index contributed by atoms with van der Waals surface area (Å²) in [5, 5.41) is 0. The summed E-state index contributed by atoms with van der Waals surface area (Å²) >= 11 is 3.46. The van der Waals surface area contributed by atoms with E-state index in [0.29, 0.717) is 5.56 Å². The van der Waals surface area contributed by atoms with E-state index in [1.165, 1.54) is 24.3 Å². The molecule has 3 rings (SSSR count). The zero-order chi connectivity index (χ0) is 21.1. The van der Waals surface area contributed by atoms with Gasteiger partial charge in [0.25, 0.3) is 0 Å². The van der Waals surface area contributed by atoms with Crippen LogP contribution in [-0.2, 0) is 4.74 Å². The van der Waals surface area contributed by atoms with Gasteiger partial charge in [0, 0.05) is 32.7 Å². The Balaban J connectivity index is 1.73. The number of esters is 1. The van der Waals surface area contributed by atoms with E-state index >= 15 is 0 Å². The zero-order valence-corrected chi connectivity index (χ0v) is 17.5. The average molecular weight is 455 g/mol. The number of nitrogens with zero attached hydrogens (tertiary/aromatic N) is 1. The highest BCUT2D eigenvalue weighted by Crippen LogP contribution is 2.23. The number of benzene rings is 2. The third-order valence-corrected chi connectivity index (χ3v) is 5.03. The number of aromatic nitrogens is 1. The molecule has 0 aliphatic carbocycles. The molecule has 29 heavy (non-hydrogen) atoms. The Labute approximate surface area is 176 Å². The molecule has 6 nitrogen and oxygen atoms in total. The minimum atomic E-state index is -0.643. The van der Waals surface area contributed by atoms with Crippen LogP contribution in [-0.4, -0.2) is 28.8 Å². The first-order valence-corrected chi connectivity index (χ1v) is 9.62. The number of nitrogens with two attached hydrogens (primary N) is 1. The number of aryl methyl sites for hydroxylation is 1. The molecule has 1 heterocycles. The van der Waals surface area contributed by atoms with Gasteiger partial charge in [0.2, 0.25) is 11.7 Å². The fraction of sp³-hybridized carbons (Fsp3) is 0.136. The van der Waals surface area contributed by atoms with Crippen molar-refractivity contribution in [3.8, 4) is 5.69 Å². The van der Waals surface area contributed by atoms with Crippen LogP contribution in [0.5, 0.6) is 0 Å². The lowest BCUT2D eigenvalue weighted by atomic mass is 10.1. The molecule has 0 fully saturated rings. The lowest BCUT2D eigenvalue weighted by Crippen LogP contribution is -2.15. The zero-order valence-electron chi connectivity index (χ0n) is 15.9. The molecule has 1 amide bonds. The van der Waals surface area contributed by atoms with Crippen LogP contribution < -0.4 is 5.73 Å². The molecule has 2 aromatic carbocycles. The van der Waals surface area contributed by atoms with Crippen LogP contribution in [0.15, 0.2) is 59.1 Å². The maximum atomic E-state index is 12.6. The highest BCUT2D eigenvalue weighted by Gasteiger charge is 2.19. The second kappa shape index (κ2) is 8.45. The first-order chi connectivity index (χ1) is 13.8. The van der Waals surface area contributed by atoms with Crippen molar-refractivity contribution in [1.82, 2.24) is 4.57 Å². The molecule has 0 atom stereocenters. The number of rotatable bonds is 6. The topological polar surface area (TPSA) is 91.4 Å². The fourth-order valence-electron chi connectivity index (χ4n) is 3.12. The Kier molecular flexibility index (Phi) is 5.98. The van der Waals surface area contributed by atoms with Gasteiger partial charge in [-0.2, -0.15) is 0 Å². The number of halogens is 1. The maximum Gasteiger partial charge on any atom is 0.338 e. The third kappa shape index (κ3) is 4.46. The van der Waals surface area contributed by atoms with Crippen LogP contribution in [0.1, 0.15) is 42.5 Å².